The number of piperazine rings is 1. The highest BCUT2D eigenvalue weighted by molar-refractivity contribution is 9.10. The summed E-state index contributed by atoms with van der Waals surface area (Å²) < 4.78 is 1.10. The summed E-state index contributed by atoms with van der Waals surface area (Å²) in [5, 5.41) is 3.39. The molecule has 5 heteroatoms. The molecule has 1 aliphatic heterocycles. The molecule has 1 aliphatic rings. The summed E-state index contributed by atoms with van der Waals surface area (Å²) in [6.45, 7) is 8.63. The van der Waals surface area contributed by atoms with E-state index >= 15 is 0 Å². The Morgan fingerprint density at radius 3 is 2.79 bits per heavy atom. The van der Waals surface area contributed by atoms with Crippen molar-refractivity contribution >= 4 is 27.0 Å². The highest BCUT2D eigenvalue weighted by atomic mass is 79.9. The van der Waals surface area contributed by atoms with E-state index in [1.54, 1.807) is 0 Å². The number of aromatic amines is 1. The molecule has 2 aromatic rings. The predicted octanol–water partition coefficient (Wildman–Crippen LogP) is 2.60. The van der Waals surface area contributed by atoms with E-state index < -0.39 is 0 Å². The Morgan fingerprint density at radius 2 is 2.05 bits per heavy atom. The first-order chi connectivity index (χ1) is 9.15. The van der Waals surface area contributed by atoms with Crippen LogP contribution in [0.25, 0.3) is 11.0 Å². The van der Waals surface area contributed by atoms with Gasteiger partial charge in [-0.2, -0.15) is 0 Å². The molecule has 0 radical (unpaired) electrons. The van der Waals surface area contributed by atoms with Crippen molar-refractivity contribution in [3.8, 4) is 0 Å². The number of halogens is 1. The number of hydrogen-bond donors (Lipinski definition) is 2. The van der Waals surface area contributed by atoms with Crippen molar-refractivity contribution in [2.24, 2.45) is 0 Å². The van der Waals surface area contributed by atoms with Crippen LogP contribution < -0.4 is 5.32 Å². The molecule has 1 saturated heterocycles. The van der Waals surface area contributed by atoms with Gasteiger partial charge in [-0.05, 0) is 31.5 Å². The monoisotopic (exact) mass is 322 g/mol. The molecule has 2 heterocycles. The van der Waals surface area contributed by atoms with Gasteiger partial charge in [-0.1, -0.05) is 15.9 Å². The standard InChI is InChI=1S/C14H19BrN4/c1-9-7-11(15)8-12-13(9)18-14(17-12)10(2)19-5-3-16-4-6-19/h7-8,10,16H,3-6H2,1-2H3,(H,17,18). The summed E-state index contributed by atoms with van der Waals surface area (Å²) in [6, 6.07) is 4.55. The van der Waals surface area contributed by atoms with Crippen LogP contribution in [0, 0.1) is 6.92 Å². The van der Waals surface area contributed by atoms with Gasteiger partial charge in [-0.15, -0.1) is 0 Å². The van der Waals surface area contributed by atoms with E-state index in [9.17, 15) is 0 Å². The van der Waals surface area contributed by atoms with Crippen LogP contribution in [0.2, 0.25) is 0 Å². The average Bonchev–Trinajstić information content (AvgIpc) is 2.83. The highest BCUT2D eigenvalue weighted by Gasteiger charge is 2.21. The van der Waals surface area contributed by atoms with Gasteiger partial charge >= 0.3 is 0 Å². The van der Waals surface area contributed by atoms with Crippen molar-refractivity contribution in [2.75, 3.05) is 26.2 Å². The lowest BCUT2D eigenvalue weighted by molar-refractivity contribution is 0.180. The zero-order valence-electron chi connectivity index (χ0n) is 11.3. The summed E-state index contributed by atoms with van der Waals surface area (Å²) in [7, 11) is 0. The van der Waals surface area contributed by atoms with Crippen LogP contribution in [0.1, 0.15) is 24.4 Å². The Labute approximate surface area is 121 Å². The van der Waals surface area contributed by atoms with Gasteiger partial charge in [0.05, 0.1) is 17.1 Å². The number of imidazole rings is 1. The SMILES string of the molecule is Cc1cc(Br)cc2[nH]c(C(C)N3CCNCC3)nc12. The number of aromatic nitrogens is 2. The van der Waals surface area contributed by atoms with Crippen molar-refractivity contribution in [3.63, 3.8) is 0 Å². The number of H-pyrrole nitrogens is 1. The first kappa shape index (κ1) is 13.1. The molecule has 2 N–H and O–H groups in total. The zero-order valence-corrected chi connectivity index (χ0v) is 12.9. The fraction of sp³-hybridized carbons (Fsp3) is 0.500. The first-order valence-electron chi connectivity index (χ1n) is 6.75. The predicted molar refractivity (Wildman–Crippen MR) is 81.4 cm³/mol. The molecule has 0 saturated carbocycles. The van der Waals surface area contributed by atoms with E-state index in [1.165, 1.54) is 5.56 Å². The molecule has 4 nitrogen and oxygen atoms in total. The van der Waals surface area contributed by atoms with E-state index in [2.05, 4.69) is 57.1 Å². The molecule has 1 aromatic heterocycles. The van der Waals surface area contributed by atoms with Crippen LogP contribution in [-0.4, -0.2) is 41.0 Å². The number of nitrogens with one attached hydrogen (secondary N) is 2. The molecule has 0 amide bonds. The Balaban J connectivity index is 1.94. The molecule has 0 aliphatic carbocycles. The maximum absolute atomic E-state index is 4.79. The smallest absolute Gasteiger partial charge is 0.124 e. The van der Waals surface area contributed by atoms with Gasteiger partial charge in [-0.25, -0.2) is 4.98 Å². The van der Waals surface area contributed by atoms with Gasteiger partial charge in [0.1, 0.15) is 5.82 Å². The Bertz CT molecular complexity index is 586. The third-order valence-electron chi connectivity index (χ3n) is 3.86. The minimum Gasteiger partial charge on any atom is -0.341 e. The maximum atomic E-state index is 4.79. The maximum Gasteiger partial charge on any atom is 0.124 e. The number of fused-ring (bicyclic) bond motifs is 1. The third-order valence-corrected chi connectivity index (χ3v) is 4.31. The largest absolute Gasteiger partial charge is 0.341 e. The third kappa shape index (κ3) is 2.55. The van der Waals surface area contributed by atoms with Crippen LogP contribution in [0.15, 0.2) is 16.6 Å². The van der Waals surface area contributed by atoms with E-state index in [0.29, 0.717) is 6.04 Å². The number of rotatable bonds is 2. The Morgan fingerprint density at radius 1 is 1.32 bits per heavy atom. The zero-order chi connectivity index (χ0) is 13.4. The van der Waals surface area contributed by atoms with Gasteiger partial charge in [0.15, 0.2) is 0 Å². The number of benzene rings is 1. The number of aryl methyl sites for hydroxylation is 1. The van der Waals surface area contributed by atoms with Gasteiger partial charge in [0, 0.05) is 30.7 Å². The topological polar surface area (TPSA) is 44.0 Å². The molecular weight excluding hydrogens is 304 g/mol. The van der Waals surface area contributed by atoms with E-state index in [0.717, 1.165) is 47.5 Å². The summed E-state index contributed by atoms with van der Waals surface area (Å²) in [5.41, 5.74) is 3.41. The second-order valence-corrected chi connectivity index (χ2v) is 6.12. The number of nitrogens with zero attached hydrogens (tertiary/aromatic N) is 2. The van der Waals surface area contributed by atoms with Crippen LogP contribution in [0.4, 0.5) is 0 Å². The second-order valence-electron chi connectivity index (χ2n) is 5.20. The quantitative estimate of drug-likeness (QED) is 0.893. The normalized spacial score (nSPS) is 18.9. The second kappa shape index (κ2) is 5.23. The fourth-order valence-corrected chi connectivity index (χ4v) is 3.28. The minimum absolute atomic E-state index is 0.340. The molecule has 1 fully saturated rings. The molecule has 1 atom stereocenters. The summed E-state index contributed by atoms with van der Waals surface area (Å²) >= 11 is 3.54. The van der Waals surface area contributed by atoms with Crippen molar-refractivity contribution in [1.29, 1.82) is 0 Å². The Hall–Kier alpha value is -0.910. The average molecular weight is 323 g/mol. The molecule has 1 unspecified atom stereocenters. The molecule has 3 rings (SSSR count). The van der Waals surface area contributed by atoms with Crippen LogP contribution in [0.5, 0.6) is 0 Å². The lowest BCUT2D eigenvalue weighted by Gasteiger charge is -2.31. The molecule has 0 spiro atoms. The van der Waals surface area contributed by atoms with Crippen molar-refractivity contribution in [2.45, 2.75) is 19.9 Å². The van der Waals surface area contributed by atoms with E-state index in [-0.39, 0.29) is 0 Å². The molecule has 0 bridgehead atoms. The molecule has 1 aromatic carbocycles. The van der Waals surface area contributed by atoms with Crippen molar-refractivity contribution in [3.05, 3.63) is 28.0 Å². The molecule has 102 valence electrons. The van der Waals surface area contributed by atoms with E-state index in [4.69, 9.17) is 4.98 Å². The lowest BCUT2D eigenvalue weighted by Crippen LogP contribution is -2.44. The summed E-state index contributed by atoms with van der Waals surface area (Å²) in [4.78, 5) is 10.7. The lowest BCUT2D eigenvalue weighted by atomic mass is 10.2. The first-order valence-corrected chi connectivity index (χ1v) is 7.55. The fourth-order valence-electron chi connectivity index (χ4n) is 2.71. The minimum atomic E-state index is 0.340. The van der Waals surface area contributed by atoms with Crippen molar-refractivity contribution in [1.82, 2.24) is 20.2 Å². The van der Waals surface area contributed by atoms with Crippen molar-refractivity contribution < 1.29 is 0 Å². The van der Waals surface area contributed by atoms with Gasteiger partial charge in [0.25, 0.3) is 0 Å². The Kier molecular flexibility index (Phi) is 3.60. The summed E-state index contributed by atoms with van der Waals surface area (Å²) in [5.74, 6) is 1.07. The van der Waals surface area contributed by atoms with Crippen LogP contribution >= 0.6 is 15.9 Å². The van der Waals surface area contributed by atoms with Crippen LogP contribution in [0.3, 0.4) is 0 Å². The molecular formula is C14H19BrN4. The van der Waals surface area contributed by atoms with Gasteiger partial charge in [0.2, 0.25) is 0 Å². The number of hydrogen-bond acceptors (Lipinski definition) is 3. The van der Waals surface area contributed by atoms with Gasteiger partial charge in [-0.3, -0.25) is 4.90 Å². The van der Waals surface area contributed by atoms with E-state index in [1.807, 2.05) is 0 Å². The van der Waals surface area contributed by atoms with Gasteiger partial charge < -0.3 is 10.3 Å². The van der Waals surface area contributed by atoms with Crippen LogP contribution in [-0.2, 0) is 0 Å². The highest BCUT2D eigenvalue weighted by Crippen LogP contribution is 2.25. The summed E-state index contributed by atoms with van der Waals surface area (Å²) in [6.07, 6.45) is 0. The molecule has 19 heavy (non-hydrogen) atoms.